The predicted octanol–water partition coefficient (Wildman–Crippen LogP) is -0.976. The molecule has 0 atom stereocenters. The summed E-state index contributed by atoms with van der Waals surface area (Å²) in [6, 6.07) is 5.92. The maximum Gasteiger partial charge on any atom is 1.00 e. The second-order valence-electron chi connectivity index (χ2n) is 2.46. The Morgan fingerprint density at radius 3 is 2.50 bits per heavy atom. The Hall–Kier alpha value is 0.0464. The number of fused-ring (bicyclic) bond motifs is 1. The summed E-state index contributed by atoms with van der Waals surface area (Å²) in [6.45, 7) is 0. The van der Waals surface area contributed by atoms with E-state index in [1.807, 2.05) is 0 Å². The molecule has 1 aromatic heterocycles. The van der Waals surface area contributed by atoms with Crippen molar-refractivity contribution in [3.05, 3.63) is 24.3 Å². The monoisotopic (exact) mass is 227 g/mol. The van der Waals surface area contributed by atoms with Crippen LogP contribution >= 0.6 is 0 Å². The van der Waals surface area contributed by atoms with Crippen LogP contribution in [0.25, 0.3) is 11.0 Å². The first-order chi connectivity index (χ1) is 6.09. The third kappa shape index (κ3) is 2.17. The summed E-state index contributed by atoms with van der Waals surface area (Å²) in [4.78, 5) is 0. The van der Waals surface area contributed by atoms with E-state index in [-0.39, 0.29) is 68.5 Å². The number of alkyl halides is 3. The van der Waals surface area contributed by atoms with Gasteiger partial charge in [-0.15, -0.1) is 18.3 Å². The molecule has 0 saturated carbocycles. The van der Waals surface area contributed by atoms with Gasteiger partial charge in [-0.2, -0.15) is 4.68 Å². The molecule has 7 heteroatoms. The Labute approximate surface area is 121 Å². The maximum absolute atomic E-state index is 12.2. The van der Waals surface area contributed by atoms with Gasteiger partial charge in [-0.1, -0.05) is 17.3 Å². The molecule has 3 nitrogen and oxygen atoms in total. The van der Waals surface area contributed by atoms with Crippen molar-refractivity contribution in [3.8, 4) is 0 Å². The quantitative estimate of drug-likeness (QED) is 0.542. The molecule has 2 aromatic rings. The van der Waals surface area contributed by atoms with Crippen molar-refractivity contribution in [3.63, 3.8) is 0 Å². The number of para-hydroxylation sites is 1. The zero-order valence-electron chi connectivity index (χ0n) is 8.28. The maximum atomic E-state index is 12.2. The van der Waals surface area contributed by atoms with Gasteiger partial charge in [-0.05, 0) is 12.1 Å². The smallest absolute Gasteiger partial charge is 1.00 e. The fourth-order valence-corrected chi connectivity index (χ4v) is 1.06. The number of hydrogen-bond acceptors (Lipinski definition) is 2. The van der Waals surface area contributed by atoms with Crippen LogP contribution in [0, 0.1) is 0 Å². The summed E-state index contributed by atoms with van der Waals surface area (Å²) in [5.74, 6) is 0. The van der Waals surface area contributed by atoms with E-state index in [0.29, 0.717) is 0 Å². The Bertz CT molecular complexity index is 442. The molecule has 0 radical (unpaired) electrons. The summed E-state index contributed by atoms with van der Waals surface area (Å²) >= 11 is 0. The molecule has 0 aliphatic rings. The zero-order valence-corrected chi connectivity index (χ0v) is 10.4. The van der Waals surface area contributed by atoms with Crippen molar-refractivity contribution in [1.82, 2.24) is 15.0 Å². The number of halogens is 3. The van der Waals surface area contributed by atoms with Crippen LogP contribution in [-0.2, 0) is 6.30 Å². The van der Waals surface area contributed by atoms with Crippen LogP contribution in [0.4, 0.5) is 13.2 Å². The van der Waals surface area contributed by atoms with Crippen molar-refractivity contribution in [2.24, 2.45) is 0 Å². The van der Waals surface area contributed by atoms with Crippen LogP contribution in [0.5, 0.6) is 0 Å². The van der Waals surface area contributed by atoms with Crippen molar-refractivity contribution in [2.45, 2.75) is 6.30 Å². The Morgan fingerprint density at radius 1 is 1.21 bits per heavy atom. The third-order valence-electron chi connectivity index (χ3n) is 1.59. The van der Waals surface area contributed by atoms with Gasteiger partial charge in [0.1, 0.15) is 5.52 Å². The second kappa shape index (κ2) is 4.27. The van der Waals surface area contributed by atoms with Gasteiger partial charge in [0, 0.05) is 0 Å². The summed E-state index contributed by atoms with van der Waals surface area (Å²) in [5.41, 5.74) is 0.204. The van der Waals surface area contributed by atoms with E-state index in [0.717, 1.165) is 0 Å². The van der Waals surface area contributed by atoms with Gasteiger partial charge < -0.3 is 1.43 Å². The predicted molar refractivity (Wildman–Crippen MR) is 39.9 cm³/mol. The Morgan fingerprint density at radius 2 is 1.86 bits per heavy atom. The molecule has 0 aliphatic heterocycles. The molecule has 1 heterocycles. The third-order valence-corrected chi connectivity index (χ3v) is 1.59. The summed E-state index contributed by atoms with van der Waals surface area (Å²) < 4.78 is 36.6. The molecular weight excluding hydrogens is 222 g/mol. The SMILES string of the molecule is FC(F)(F)n1nnc2ccccc21.[H-].[K+]. The van der Waals surface area contributed by atoms with Crippen LogP contribution < -0.4 is 51.4 Å². The van der Waals surface area contributed by atoms with Gasteiger partial charge in [0.15, 0.2) is 0 Å². The molecule has 2 rings (SSSR count). The van der Waals surface area contributed by atoms with E-state index in [9.17, 15) is 13.2 Å². The minimum Gasteiger partial charge on any atom is -1.00 e. The average Bonchev–Trinajstić information content (AvgIpc) is 2.45. The minimum absolute atomic E-state index is 0. The first-order valence-corrected chi connectivity index (χ1v) is 3.47. The largest absolute Gasteiger partial charge is 1.00 e. The summed E-state index contributed by atoms with van der Waals surface area (Å²) in [6.07, 6.45) is -4.50. The van der Waals surface area contributed by atoms with Crippen molar-refractivity contribution in [1.29, 1.82) is 0 Å². The standard InChI is InChI=1S/C7H4F3N3.K.H/c8-7(9,10)13-6-4-2-1-3-5(6)11-12-13;;/h1-4H;;/q;+1;-1. The first-order valence-electron chi connectivity index (χ1n) is 3.47. The van der Waals surface area contributed by atoms with Crippen molar-refractivity contribution < 1.29 is 66.0 Å². The summed E-state index contributed by atoms with van der Waals surface area (Å²) in [5, 5.41) is 6.39. The second-order valence-corrected chi connectivity index (χ2v) is 2.46. The van der Waals surface area contributed by atoms with E-state index in [1.165, 1.54) is 18.2 Å². The fourth-order valence-electron chi connectivity index (χ4n) is 1.06. The summed E-state index contributed by atoms with van der Waals surface area (Å²) in [7, 11) is 0. The number of aromatic nitrogens is 3. The van der Waals surface area contributed by atoms with E-state index in [2.05, 4.69) is 10.3 Å². The zero-order chi connectivity index (χ0) is 9.47. The number of benzene rings is 1. The molecule has 0 bridgehead atoms. The van der Waals surface area contributed by atoms with Crippen molar-refractivity contribution in [2.75, 3.05) is 0 Å². The van der Waals surface area contributed by atoms with Crippen LogP contribution in [0.15, 0.2) is 24.3 Å². The Kier molecular flexibility index (Phi) is 3.70. The molecule has 0 N–H and O–H groups in total. The van der Waals surface area contributed by atoms with Gasteiger partial charge in [0.05, 0.1) is 5.52 Å². The van der Waals surface area contributed by atoms with E-state index in [4.69, 9.17) is 0 Å². The van der Waals surface area contributed by atoms with E-state index >= 15 is 0 Å². The molecule has 0 unspecified atom stereocenters. The Balaban J connectivity index is 0.000000980. The van der Waals surface area contributed by atoms with E-state index < -0.39 is 6.30 Å². The number of nitrogens with zero attached hydrogens (tertiary/aromatic N) is 3. The molecule has 0 amide bonds. The normalized spacial score (nSPS) is 11.4. The van der Waals surface area contributed by atoms with Crippen LogP contribution in [0.3, 0.4) is 0 Å². The molecule has 0 spiro atoms. The fraction of sp³-hybridized carbons (Fsp3) is 0.143. The molecule has 0 fully saturated rings. The van der Waals surface area contributed by atoms with Crippen molar-refractivity contribution >= 4 is 11.0 Å². The van der Waals surface area contributed by atoms with Gasteiger partial charge in [-0.3, -0.25) is 0 Å². The van der Waals surface area contributed by atoms with Crippen LogP contribution in [0.1, 0.15) is 1.43 Å². The molecule has 1 aromatic carbocycles. The topological polar surface area (TPSA) is 30.7 Å². The van der Waals surface area contributed by atoms with Gasteiger partial charge in [0.25, 0.3) is 0 Å². The van der Waals surface area contributed by atoms with Crippen LogP contribution in [0.2, 0.25) is 0 Å². The van der Waals surface area contributed by atoms with E-state index in [1.54, 1.807) is 6.07 Å². The number of hydrogen-bond donors (Lipinski definition) is 0. The average molecular weight is 227 g/mol. The molecule has 0 aliphatic carbocycles. The van der Waals surface area contributed by atoms with Gasteiger partial charge in [0.2, 0.25) is 0 Å². The number of rotatable bonds is 0. The molecule has 14 heavy (non-hydrogen) atoms. The van der Waals surface area contributed by atoms with Crippen LogP contribution in [-0.4, -0.2) is 15.0 Å². The molecular formula is C7H5F3KN3. The molecule has 0 saturated heterocycles. The molecule has 70 valence electrons. The first kappa shape index (κ1) is 12.1. The van der Waals surface area contributed by atoms with Gasteiger partial charge in [-0.25, -0.2) is 0 Å². The van der Waals surface area contributed by atoms with Gasteiger partial charge >= 0.3 is 57.7 Å². The minimum atomic E-state index is -4.50.